The fourth-order valence-electron chi connectivity index (χ4n) is 1.72. The molecule has 2 aromatic rings. The molecule has 1 N–H and O–H groups in total. The Kier molecular flexibility index (Phi) is 5.64. The lowest BCUT2D eigenvalue weighted by molar-refractivity contribution is -0.134. The summed E-state index contributed by atoms with van der Waals surface area (Å²) in [5.74, 6) is 0.167. The second-order valence-corrected chi connectivity index (χ2v) is 6.13. The summed E-state index contributed by atoms with van der Waals surface area (Å²) in [6, 6.07) is 14.0. The minimum Gasteiger partial charge on any atom is -0.478 e. The summed E-state index contributed by atoms with van der Waals surface area (Å²) in [5.41, 5.74) is 2.07. The molecule has 0 aromatic heterocycles. The molecule has 0 unspecified atom stereocenters. The van der Waals surface area contributed by atoms with Crippen LogP contribution in [0.5, 0.6) is 5.75 Å². The van der Waals surface area contributed by atoms with Gasteiger partial charge in [-0.1, -0.05) is 41.4 Å². The van der Waals surface area contributed by atoms with Gasteiger partial charge in [0, 0.05) is 15.6 Å². The van der Waals surface area contributed by atoms with Gasteiger partial charge in [0.15, 0.2) is 5.60 Å². The van der Waals surface area contributed by atoms with Crippen molar-refractivity contribution in [2.75, 3.05) is 0 Å². The lowest BCUT2D eigenvalue weighted by Crippen LogP contribution is -2.44. The molecule has 0 radical (unpaired) electrons. The Hall–Kier alpha value is -2.04. The van der Waals surface area contributed by atoms with Crippen molar-refractivity contribution in [3.8, 4) is 5.75 Å². The number of carbonyl (C=O) groups is 1. The zero-order chi connectivity index (χ0) is 16.9. The Balaban J connectivity index is 1.98. The average Bonchev–Trinajstić information content (AvgIpc) is 2.51. The van der Waals surface area contributed by atoms with Gasteiger partial charge in [-0.15, -0.1) is 0 Å². The van der Waals surface area contributed by atoms with Crippen molar-refractivity contribution in [2.45, 2.75) is 19.4 Å². The molecule has 0 aliphatic rings. The zero-order valence-electron chi connectivity index (χ0n) is 12.7. The van der Waals surface area contributed by atoms with E-state index in [1.54, 1.807) is 50.2 Å². The number of amides is 1. The smallest absolute Gasteiger partial charge is 0.283 e. The zero-order valence-corrected chi connectivity index (χ0v) is 14.2. The SMILES string of the molecule is CC(C)(Oc1ccc(Cl)cc1)C(=O)N/N=C/c1ccccc1Cl. The summed E-state index contributed by atoms with van der Waals surface area (Å²) in [7, 11) is 0. The first kappa shape index (κ1) is 17.3. The van der Waals surface area contributed by atoms with Crippen LogP contribution in [0.1, 0.15) is 19.4 Å². The number of benzene rings is 2. The van der Waals surface area contributed by atoms with Gasteiger partial charge in [-0.3, -0.25) is 4.79 Å². The maximum absolute atomic E-state index is 12.2. The molecule has 0 atom stereocenters. The summed E-state index contributed by atoms with van der Waals surface area (Å²) in [5, 5.41) is 5.07. The standard InChI is InChI=1S/C17H16Cl2N2O2/c1-17(2,23-14-9-7-13(18)8-10-14)16(22)21-20-11-12-5-3-4-6-15(12)19/h3-11H,1-2H3,(H,21,22)/b20-11+. The third kappa shape index (κ3) is 4.98. The van der Waals surface area contributed by atoms with Crippen molar-refractivity contribution in [1.29, 1.82) is 0 Å². The minimum atomic E-state index is -1.09. The maximum Gasteiger partial charge on any atom is 0.283 e. The van der Waals surface area contributed by atoms with Crippen molar-refractivity contribution < 1.29 is 9.53 Å². The van der Waals surface area contributed by atoms with Crippen LogP contribution >= 0.6 is 23.2 Å². The summed E-state index contributed by atoms with van der Waals surface area (Å²) in [6.07, 6.45) is 1.48. The van der Waals surface area contributed by atoms with E-state index in [2.05, 4.69) is 10.5 Å². The van der Waals surface area contributed by atoms with Gasteiger partial charge in [-0.25, -0.2) is 5.43 Å². The summed E-state index contributed by atoms with van der Waals surface area (Å²) >= 11 is 11.8. The van der Waals surface area contributed by atoms with Crippen LogP contribution in [0.3, 0.4) is 0 Å². The molecule has 0 bridgehead atoms. The number of halogens is 2. The highest BCUT2D eigenvalue weighted by atomic mass is 35.5. The topological polar surface area (TPSA) is 50.7 Å². The van der Waals surface area contributed by atoms with E-state index in [4.69, 9.17) is 27.9 Å². The number of nitrogens with zero attached hydrogens (tertiary/aromatic N) is 1. The summed E-state index contributed by atoms with van der Waals surface area (Å²) < 4.78 is 5.67. The molecular formula is C17H16Cl2N2O2. The van der Waals surface area contributed by atoms with E-state index >= 15 is 0 Å². The number of rotatable bonds is 5. The predicted octanol–water partition coefficient (Wildman–Crippen LogP) is 4.30. The van der Waals surface area contributed by atoms with Crippen LogP contribution in [0.15, 0.2) is 53.6 Å². The molecular weight excluding hydrogens is 335 g/mol. The molecule has 4 nitrogen and oxygen atoms in total. The molecule has 0 saturated carbocycles. The molecule has 6 heteroatoms. The van der Waals surface area contributed by atoms with E-state index in [0.29, 0.717) is 21.4 Å². The van der Waals surface area contributed by atoms with Crippen molar-refractivity contribution in [2.24, 2.45) is 5.10 Å². The van der Waals surface area contributed by atoms with Crippen LogP contribution in [0.2, 0.25) is 10.0 Å². The number of hydrazone groups is 1. The van der Waals surface area contributed by atoms with Crippen LogP contribution in [0, 0.1) is 0 Å². The highest BCUT2D eigenvalue weighted by Gasteiger charge is 2.29. The highest BCUT2D eigenvalue weighted by Crippen LogP contribution is 2.21. The Morgan fingerprint density at radius 1 is 1.13 bits per heavy atom. The average molecular weight is 351 g/mol. The van der Waals surface area contributed by atoms with Crippen molar-refractivity contribution in [1.82, 2.24) is 5.43 Å². The molecule has 2 rings (SSSR count). The Bertz CT molecular complexity index is 713. The van der Waals surface area contributed by atoms with Crippen molar-refractivity contribution in [3.05, 3.63) is 64.1 Å². The summed E-state index contributed by atoms with van der Waals surface area (Å²) in [4.78, 5) is 12.2. The van der Waals surface area contributed by atoms with Gasteiger partial charge in [0.05, 0.1) is 6.21 Å². The maximum atomic E-state index is 12.2. The minimum absolute atomic E-state index is 0.379. The molecule has 0 aliphatic heterocycles. The van der Waals surface area contributed by atoms with Crippen LogP contribution in [0.4, 0.5) is 0 Å². The third-order valence-electron chi connectivity index (χ3n) is 3.01. The number of nitrogens with one attached hydrogen (secondary N) is 1. The van der Waals surface area contributed by atoms with Gasteiger partial charge in [-0.2, -0.15) is 5.10 Å². The highest BCUT2D eigenvalue weighted by molar-refractivity contribution is 6.33. The van der Waals surface area contributed by atoms with E-state index in [1.165, 1.54) is 6.21 Å². The molecule has 0 fully saturated rings. The van der Waals surface area contributed by atoms with Gasteiger partial charge in [0.2, 0.25) is 0 Å². The van der Waals surface area contributed by atoms with E-state index in [0.717, 1.165) is 0 Å². The number of carbonyl (C=O) groups excluding carboxylic acids is 1. The van der Waals surface area contributed by atoms with Gasteiger partial charge < -0.3 is 4.74 Å². The Morgan fingerprint density at radius 2 is 1.78 bits per heavy atom. The molecule has 1 amide bonds. The molecule has 0 spiro atoms. The number of hydrogen-bond donors (Lipinski definition) is 1. The third-order valence-corrected chi connectivity index (χ3v) is 3.60. The number of hydrogen-bond acceptors (Lipinski definition) is 3. The van der Waals surface area contributed by atoms with Gasteiger partial charge in [-0.05, 0) is 44.2 Å². The normalized spacial score (nSPS) is 11.5. The second-order valence-electron chi connectivity index (χ2n) is 5.29. The summed E-state index contributed by atoms with van der Waals surface area (Å²) in [6.45, 7) is 3.31. The van der Waals surface area contributed by atoms with Crippen molar-refractivity contribution in [3.63, 3.8) is 0 Å². The first-order chi connectivity index (χ1) is 10.9. The predicted molar refractivity (Wildman–Crippen MR) is 93.3 cm³/mol. The van der Waals surface area contributed by atoms with E-state index < -0.39 is 5.60 Å². The van der Waals surface area contributed by atoms with Crippen LogP contribution in [-0.2, 0) is 4.79 Å². The quantitative estimate of drug-likeness (QED) is 0.645. The Morgan fingerprint density at radius 3 is 2.43 bits per heavy atom. The molecule has 120 valence electrons. The van der Waals surface area contributed by atoms with Crippen LogP contribution in [0.25, 0.3) is 0 Å². The number of ether oxygens (including phenoxy) is 1. The van der Waals surface area contributed by atoms with Crippen LogP contribution in [-0.4, -0.2) is 17.7 Å². The van der Waals surface area contributed by atoms with E-state index in [-0.39, 0.29) is 5.91 Å². The molecule has 23 heavy (non-hydrogen) atoms. The van der Waals surface area contributed by atoms with E-state index in [9.17, 15) is 4.79 Å². The van der Waals surface area contributed by atoms with Gasteiger partial charge in [0.25, 0.3) is 5.91 Å². The van der Waals surface area contributed by atoms with E-state index in [1.807, 2.05) is 12.1 Å². The Labute approximate surface area is 145 Å². The first-order valence-electron chi connectivity index (χ1n) is 6.91. The molecule has 2 aromatic carbocycles. The van der Waals surface area contributed by atoms with Crippen LogP contribution < -0.4 is 10.2 Å². The van der Waals surface area contributed by atoms with Gasteiger partial charge in [0.1, 0.15) is 5.75 Å². The fourth-order valence-corrected chi connectivity index (χ4v) is 2.03. The largest absolute Gasteiger partial charge is 0.478 e. The first-order valence-corrected chi connectivity index (χ1v) is 7.67. The monoisotopic (exact) mass is 350 g/mol. The van der Waals surface area contributed by atoms with Crippen molar-refractivity contribution >= 4 is 35.3 Å². The lowest BCUT2D eigenvalue weighted by Gasteiger charge is -2.24. The molecule has 0 heterocycles. The fraction of sp³-hybridized carbons (Fsp3) is 0.176. The van der Waals surface area contributed by atoms with Gasteiger partial charge >= 0.3 is 0 Å². The molecule has 0 saturated heterocycles. The molecule has 0 aliphatic carbocycles. The second kappa shape index (κ2) is 7.49. The lowest BCUT2D eigenvalue weighted by atomic mass is 10.1.